The molecular weight excluding hydrogens is 268 g/mol. The molecule has 21 heavy (non-hydrogen) atoms. The second-order valence-corrected chi connectivity index (χ2v) is 4.22. The summed E-state index contributed by atoms with van der Waals surface area (Å²) in [7, 11) is 0. The molecule has 1 aliphatic rings. The highest BCUT2D eigenvalue weighted by Gasteiger charge is 2.28. The van der Waals surface area contributed by atoms with E-state index in [-0.39, 0.29) is 5.70 Å². The molecule has 0 amide bonds. The molecule has 2 aromatic carbocycles. The molecule has 2 aromatic rings. The molecule has 1 heterocycles. The Morgan fingerprint density at radius 1 is 1.00 bits per heavy atom. The number of anilines is 1. The first-order valence-corrected chi connectivity index (χ1v) is 6.33. The van der Waals surface area contributed by atoms with Gasteiger partial charge in [0.05, 0.1) is 17.6 Å². The number of hydrazine groups is 1. The zero-order valence-electron chi connectivity index (χ0n) is 11.0. The number of hydrogen-bond donors (Lipinski definition) is 1. The Labute approximate surface area is 121 Å². The van der Waals surface area contributed by atoms with E-state index in [9.17, 15) is 4.79 Å². The summed E-state index contributed by atoms with van der Waals surface area (Å²) in [5.74, 6) is -0.508. The molecule has 0 aromatic heterocycles. The fourth-order valence-electron chi connectivity index (χ4n) is 1.80. The van der Waals surface area contributed by atoms with Crippen LogP contribution in [0.1, 0.15) is 0 Å². The molecule has 0 unspecified atom stereocenters. The lowest BCUT2D eigenvalue weighted by Crippen LogP contribution is -2.28. The van der Waals surface area contributed by atoms with Gasteiger partial charge < -0.3 is 4.84 Å². The molecule has 0 aliphatic carbocycles. The highest BCUT2D eigenvalue weighted by atomic mass is 16.7. The number of azo groups is 1. The molecule has 0 radical (unpaired) electrons. The molecule has 3 rings (SSSR count). The van der Waals surface area contributed by atoms with Crippen LogP contribution in [0.2, 0.25) is 0 Å². The minimum Gasteiger partial charge on any atom is -0.345 e. The first kappa shape index (κ1) is 13.0. The lowest BCUT2D eigenvalue weighted by atomic mass is 10.3. The van der Waals surface area contributed by atoms with Gasteiger partial charge in [-0.15, -0.1) is 0 Å². The van der Waals surface area contributed by atoms with Gasteiger partial charge in [-0.2, -0.15) is 10.2 Å². The smallest absolute Gasteiger partial charge is 0.345 e. The van der Waals surface area contributed by atoms with Gasteiger partial charge in [0.25, 0.3) is 0 Å². The normalized spacial score (nSPS) is 16.7. The summed E-state index contributed by atoms with van der Waals surface area (Å²) in [6, 6.07) is 18.6. The first-order valence-electron chi connectivity index (χ1n) is 6.33. The average molecular weight is 280 g/mol. The molecule has 1 saturated heterocycles. The summed E-state index contributed by atoms with van der Waals surface area (Å²) in [5.41, 5.74) is 4.28. The maximum Gasteiger partial charge on any atom is 0.378 e. The van der Waals surface area contributed by atoms with Crippen LogP contribution in [0.15, 0.2) is 82.8 Å². The van der Waals surface area contributed by atoms with Crippen molar-refractivity contribution in [1.29, 1.82) is 0 Å². The number of carbonyl (C=O) groups excluding carboxylic acids is 1. The van der Waals surface area contributed by atoms with Gasteiger partial charge in [-0.05, 0) is 24.3 Å². The van der Waals surface area contributed by atoms with E-state index in [1.54, 1.807) is 0 Å². The van der Waals surface area contributed by atoms with Crippen LogP contribution < -0.4 is 10.6 Å². The molecule has 1 fully saturated rings. The number of para-hydroxylation sites is 1. The van der Waals surface area contributed by atoms with Crippen molar-refractivity contribution in [1.82, 2.24) is 5.59 Å². The van der Waals surface area contributed by atoms with Crippen molar-refractivity contribution in [2.75, 3.05) is 5.01 Å². The Kier molecular flexibility index (Phi) is 3.70. The quantitative estimate of drug-likeness (QED) is 0.693. The van der Waals surface area contributed by atoms with Crippen molar-refractivity contribution in [2.45, 2.75) is 0 Å². The number of hydrogen-bond acceptors (Lipinski definition) is 6. The summed E-state index contributed by atoms with van der Waals surface area (Å²) in [6.45, 7) is 0. The van der Waals surface area contributed by atoms with Crippen molar-refractivity contribution >= 4 is 17.3 Å². The Morgan fingerprint density at radius 2 is 1.67 bits per heavy atom. The van der Waals surface area contributed by atoms with Gasteiger partial charge in [-0.3, -0.25) is 0 Å². The number of nitrogens with one attached hydrogen (secondary N) is 1. The van der Waals surface area contributed by atoms with Crippen LogP contribution in [0, 0.1) is 0 Å². The minimum absolute atomic E-state index is 0.265. The molecule has 0 saturated carbocycles. The summed E-state index contributed by atoms with van der Waals surface area (Å²) < 4.78 is 0. The number of nitrogens with zero attached hydrogens (tertiary/aromatic N) is 3. The molecule has 104 valence electrons. The first-order chi connectivity index (χ1) is 10.3. The Balaban J connectivity index is 1.83. The van der Waals surface area contributed by atoms with E-state index in [2.05, 4.69) is 15.8 Å². The van der Waals surface area contributed by atoms with Gasteiger partial charge >= 0.3 is 5.97 Å². The highest BCUT2D eigenvalue weighted by molar-refractivity contribution is 5.94. The summed E-state index contributed by atoms with van der Waals surface area (Å²) in [4.78, 5) is 16.5. The third-order valence-electron chi connectivity index (χ3n) is 2.80. The zero-order chi connectivity index (χ0) is 14.5. The maximum atomic E-state index is 11.7. The predicted molar refractivity (Wildman–Crippen MR) is 77.2 cm³/mol. The topological polar surface area (TPSA) is 66.3 Å². The van der Waals surface area contributed by atoms with E-state index < -0.39 is 5.97 Å². The zero-order valence-corrected chi connectivity index (χ0v) is 11.0. The predicted octanol–water partition coefficient (Wildman–Crippen LogP) is 3.09. The lowest BCUT2D eigenvalue weighted by Gasteiger charge is -2.14. The van der Waals surface area contributed by atoms with Gasteiger partial charge in [0.15, 0.2) is 5.70 Å². The van der Waals surface area contributed by atoms with E-state index >= 15 is 0 Å². The van der Waals surface area contributed by atoms with Gasteiger partial charge in [-0.1, -0.05) is 42.0 Å². The van der Waals surface area contributed by atoms with Crippen LogP contribution in [0.25, 0.3) is 0 Å². The van der Waals surface area contributed by atoms with Gasteiger partial charge in [-0.25, -0.2) is 9.80 Å². The van der Waals surface area contributed by atoms with Gasteiger partial charge in [0.2, 0.25) is 0 Å². The van der Waals surface area contributed by atoms with Crippen LogP contribution in [0.4, 0.5) is 11.4 Å². The van der Waals surface area contributed by atoms with Crippen LogP contribution >= 0.6 is 0 Å². The molecule has 0 spiro atoms. The molecule has 1 aliphatic heterocycles. The lowest BCUT2D eigenvalue weighted by molar-refractivity contribution is -0.140. The van der Waals surface area contributed by atoms with Crippen molar-refractivity contribution in [2.24, 2.45) is 10.2 Å². The van der Waals surface area contributed by atoms with Crippen LogP contribution in [-0.4, -0.2) is 5.97 Å². The van der Waals surface area contributed by atoms with Gasteiger partial charge in [0, 0.05) is 0 Å². The Morgan fingerprint density at radius 3 is 2.38 bits per heavy atom. The molecular formula is C15H12N4O2. The third kappa shape index (κ3) is 2.96. The van der Waals surface area contributed by atoms with E-state index in [4.69, 9.17) is 4.84 Å². The monoisotopic (exact) mass is 280 g/mol. The average Bonchev–Trinajstić information content (AvgIpc) is 2.91. The number of benzene rings is 2. The van der Waals surface area contributed by atoms with E-state index in [1.807, 2.05) is 60.7 Å². The van der Waals surface area contributed by atoms with Crippen LogP contribution in [0.3, 0.4) is 0 Å². The Hall–Kier alpha value is -2.99. The van der Waals surface area contributed by atoms with E-state index in [0.717, 1.165) is 5.69 Å². The molecule has 0 atom stereocenters. The van der Waals surface area contributed by atoms with Crippen molar-refractivity contribution in [3.63, 3.8) is 0 Å². The molecule has 1 N–H and O–H groups in total. The van der Waals surface area contributed by atoms with Crippen molar-refractivity contribution in [3.8, 4) is 0 Å². The summed E-state index contributed by atoms with van der Waals surface area (Å²) in [6.07, 6.45) is 1.36. The second-order valence-electron chi connectivity index (χ2n) is 4.22. The summed E-state index contributed by atoms with van der Waals surface area (Å²) in [5, 5.41) is 9.46. The fraction of sp³-hybridized carbons (Fsp3) is 0. The standard InChI is InChI=1S/C15H12N4O2/c20-15-14(11-16-17-12-7-3-1-4-8-12)19(18-21-15)13-9-5-2-6-10-13/h1-11,18H. The fourth-order valence-corrected chi connectivity index (χ4v) is 1.80. The van der Waals surface area contributed by atoms with Gasteiger partial charge in [0.1, 0.15) is 0 Å². The SMILES string of the molecule is O=C1ONN(c2ccccc2)C1=CN=Nc1ccccc1. The summed E-state index contributed by atoms with van der Waals surface area (Å²) >= 11 is 0. The minimum atomic E-state index is -0.508. The highest BCUT2D eigenvalue weighted by Crippen LogP contribution is 2.21. The molecule has 0 bridgehead atoms. The third-order valence-corrected chi connectivity index (χ3v) is 2.80. The number of carbonyl (C=O) groups is 1. The molecule has 6 heteroatoms. The Bertz CT molecular complexity index is 683. The number of rotatable bonds is 3. The van der Waals surface area contributed by atoms with Crippen LogP contribution in [-0.2, 0) is 9.63 Å². The maximum absolute atomic E-state index is 11.7. The molecule has 6 nitrogen and oxygen atoms in total. The second kappa shape index (κ2) is 5.98. The van der Waals surface area contributed by atoms with E-state index in [1.165, 1.54) is 11.2 Å². The van der Waals surface area contributed by atoms with Crippen LogP contribution in [0.5, 0.6) is 0 Å². The van der Waals surface area contributed by atoms with Crippen molar-refractivity contribution < 1.29 is 9.63 Å². The van der Waals surface area contributed by atoms with Crippen molar-refractivity contribution in [3.05, 3.63) is 72.6 Å². The van der Waals surface area contributed by atoms with E-state index in [0.29, 0.717) is 5.69 Å². The largest absolute Gasteiger partial charge is 0.378 e.